The van der Waals surface area contributed by atoms with Gasteiger partial charge in [-0.25, -0.2) is 9.97 Å². The number of fused-ring (bicyclic) bond motifs is 2. The first kappa shape index (κ1) is 20.5. The van der Waals surface area contributed by atoms with Crippen LogP contribution in [0.3, 0.4) is 0 Å². The largest absolute Gasteiger partial charge is 0.338 e. The minimum Gasteiger partial charge on any atom is -0.338 e. The average Bonchev–Trinajstić information content (AvgIpc) is 3.55. The Morgan fingerprint density at radius 3 is 2.61 bits per heavy atom. The maximum absolute atomic E-state index is 12.2. The van der Waals surface area contributed by atoms with Crippen LogP contribution in [0, 0.1) is 5.92 Å². The molecule has 9 heteroatoms. The second kappa shape index (κ2) is 8.09. The number of amides is 1. The third-order valence-electron chi connectivity index (χ3n) is 6.46. The third kappa shape index (κ3) is 3.58. The number of carbonyl (C=O) groups is 1. The van der Waals surface area contributed by atoms with Crippen LogP contribution in [-0.4, -0.2) is 41.0 Å². The molecule has 0 atom stereocenters. The summed E-state index contributed by atoms with van der Waals surface area (Å²) in [7, 11) is 0. The molecule has 36 heavy (non-hydrogen) atoms. The van der Waals surface area contributed by atoms with Gasteiger partial charge in [0.15, 0.2) is 5.65 Å². The molecule has 1 fully saturated rings. The van der Waals surface area contributed by atoms with Crippen molar-refractivity contribution >= 4 is 33.7 Å². The molecule has 1 saturated carbocycles. The van der Waals surface area contributed by atoms with E-state index in [1.54, 1.807) is 31.0 Å². The molecule has 6 aromatic heterocycles. The van der Waals surface area contributed by atoms with E-state index in [0.717, 1.165) is 62.9 Å². The summed E-state index contributed by atoms with van der Waals surface area (Å²) < 4.78 is 0. The SMILES string of the molecule is O=C(Nc1cncc(-c2cnc3[nH]nc(-c4cc5c(-c6cccnc6)ccnc5[nH]4)c3c2)c1)C1CC1. The molecule has 0 aromatic carbocycles. The summed E-state index contributed by atoms with van der Waals surface area (Å²) in [5.74, 6) is 0.183. The van der Waals surface area contributed by atoms with Crippen molar-refractivity contribution in [2.45, 2.75) is 12.8 Å². The van der Waals surface area contributed by atoms with Gasteiger partial charge in [0, 0.05) is 64.4 Å². The number of nitrogens with one attached hydrogen (secondary N) is 3. The number of rotatable bonds is 5. The number of hydrogen-bond acceptors (Lipinski definition) is 6. The van der Waals surface area contributed by atoms with Gasteiger partial charge in [0.1, 0.15) is 11.3 Å². The van der Waals surface area contributed by atoms with E-state index in [9.17, 15) is 4.79 Å². The minimum absolute atomic E-state index is 0.0534. The highest BCUT2D eigenvalue weighted by Crippen LogP contribution is 2.34. The summed E-state index contributed by atoms with van der Waals surface area (Å²) in [6, 6.07) is 12.0. The van der Waals surface area contributed by atoms with Crippen LogP contribution in [0.5, 0.6) is 0 Å². The fourth-order valence-electron chi connectivity index (χ4n) is 4.45. The molecule has 6 heterocycles. The Bertz CT molecular complexity index is 1750. The molecule has 1 aliphatic rings. The van der Waals surface area contributed by atoms with Crippen molar-refractivity contribution in [3.63, 3.8) is 0 Å². The van der Waals surface area contributed by atoms with Gasteiger partial charge in [-0.15, -0.1) is 0 Å². The fourth-order valence-corrected chi connectivity index (χ4v) is 4.45. The van der Waals surface area contributed by atoms with Crippen molar-refractivity contribution in [1.82, 2.24) is 35.1 Å². The van der Waals surface area contributed by atoms with E-state index in [-0.39, 0.29) is 11.8 Å². The van der Waals surface area contributed by atoms with Crippen LogP contribution >= 0.6 is 0 Å². The highest BCUT2D eigenvalue weighted by atomic mass is 16.2. The average molecular weight is 473 g/mol. The van der Waals surface area contributed by atoms with Crippen LogP contribution < -0.4 is 5.32 Å². The van der Waals surface area contributed by atoms with Crippen LogP contribution in [0.2, 0.25) is 0 Å². The molecule has 1 amide bonds. The lowest BCUT2D eigenvalue weighted by atomic mass is 10.0. The summed E-state index contributed by atoms with van der Waals surface area (Å²) in [5.41, 5.74) is 7.53. The summed E-state index contributed by atoms with van der Waals surface area (Å²) in [6.07, 6.45) is 12.5. The number of nitrogens with zero attached hydrogens (tertiary/aromatic N) is 5. The summed E-state index contributed by atoms with van der Waals surface area (Å²) in [4.78, 5) is 33.3. The van der Waals surface area contributed by atoms with Gasteiger partial charge < -0.3 is 10.3 Å². The van der Waals surface area contributed by atoms with Gasteiger partial charge in [-0.1, -0.05) is 6.07 Å². The predicted molar refractivity (Wildman–Crippen MR) is 137 cm³/mol. The zero-order valence-corrected chi connectivity index (χ0v) is 19.1. The zero-order valence-electron chi connectivity index (χ0n) is 19.1. The Balaban J connectivity index is 1.28. The lowest BCUT2D eigenvalue weighted by Gasteiger charge is -2.07. The van der Waals surface area contributed by atoms with Gasteiger partial charge in [0.25, 0.3) is 0 Å². The molecule has 3 N–H and O–H groups in total. The van der Waals surface area contributed by atoms with Crippen molar-refractivity contribution in [2.75, 3.05) is 5.32 Å². The summed E-state index contributed by atoms with van der Waals surface area (Å²) >= 11 is 0. The molecule has 0 radical (unpaired) electrons. The molecular weight excluding hydrogens is 452 g/mol. The third-order valence-corrected chi connectivity index (χ3v) is 6.46. The van der Waals surface area contributed by atoms with Gasteiger partial charge in [-0.2, -0.15) is 5.10 Å². The Morgan fingerprint density at radius 1 is 0.861 bits per heavy atom. The monoisotopic (exact) mass is 472 g/mol. The van der Waals surface area contributed by atoms with Gasteiger partial charge >= 0.3 is 0 Å². The van der Waals surface area contributed by atoms with Crippen LogP contribution in [0.1, 0.15) is 12.8 Å². The Kier molecular flexibility index (Phi) is 4.60. The van der Waals surface area contributed by atoms with E-state index in [1.807, 2.05) is 36.5 Å². The van der Waals surface area contributed by atoms with Gasteiger partial charge in [0.2, 0.25) is 5.91 Å². The molecule has 6 aromatic rings. The maximum atomic E-state index is 12.2. The van der Waals surface area contributed by atoms with Crippen molar-refractivity contribution in [3.8, 4) is 33.6 Å². The number of aromatic amines is 2. The van der Waals surface area contributed by atoms with Gasteiger partial charge in [-0.3, -0.25) is 19.9 Å². The smallest absolute Gasteiger partial charge is 0.227 e. The van der Waals surface area contributed by atoms with Crippen LogP contribution in [0.4, 0.5) is 5.69 Å². The molecular formula is C27H20N8O. The normalized spacial score (nSPS) is 13.3. The molecule has 0 bridgehead atoms. The molecule has 0 saturated heterocycles. The summed E-state index contributed by atoms with van der Waals surface area (Å²) in [5, 5.41) is 12.4. The van der Waals surface area contributed by atoms with Crippen molar-refractivity contribution in [2.24, 2.45) is 5.92 Å². The number of anilines is 1. The van der Waals surface area contributed by atoms with Crippen molar-refractivity contribution < 1.29 is 4.79 Å². The molecule has 0 aliphatic heterocycles. The summed E-state index contributed by atoms with van der Waals surface area (Å²) in [6.45, 7) is 0. The van der Waals surface area contributed by atoms with Gasteiger partial charge in [-0.05, 0) is 48.7 Å². The van der Waals surface area contributed by atoms with Crippen molar-refractivity contribution in [1.29, 1.82) is 0 Å². The Hall–Kier alpha value is -4.92. The van der Waals surface area contributed by atoms with Gasteiger partial charge in [0.05, 0.1) is 17.6 Å². The van der Waals surface area contributed by atoms with E-state index >= 15 is 0 Å². The Morgan fingerprint density at radius 2 is 1.75 bits per heavy atom. The molecule has 7 rings (SSSR count). The Labute approximate surface area is 205 Å². The van der Waals surface area contributed by atoms with E-state index in [1.165, 1.54) is 0 Å². The zero-order chi connectivity index (χ0) is 24.1. The van der Waals surface area contributed by atoms with Crippen LogP contribution in [0.25, 0.3) is 55.7 Å². The standard InChI is InChI=1S/C27H20N8O/c36-27(15-3-4-15)32-19-8-17(12-29-14-19)18-9-22-24(34-35-26(22)31-13-18)23-10-21-20(5-7-30-25(21)33-23)16-2-1-6-28-11-16/h1-2,5-15H,3-4H2,(H,30,33)(H,32,36)(H,31,34,35). The number of pyridine rings is 4. The lowest BCUT2D eigenvalue weighted by molar-refractivity contribution is -0.117. The van der Waals surface area contributed by atoms with E-state index in [2.05, 4.69) is 46.5 Å². The van der Waals surface area contributed by atoms with Crippen molar-refractivity contribution in [3.05, 3.63) is 73.6 Å². The van der Waals surface area contributed by atoms with E-state index in [0.29, 0.717) is 11.3 Å². The number of aromatic nitrogens is 7. The minimum atomic E-state index is 0.0534. The molecule has 1 aliphatic carbocycles. The number of carbonyl (C=O) groups excluding carboxylic acids is 1. The van der Waals surface area contributed by atoms with Crippen LogP contribution in [0.15, 0.2) is 73.6 Å². The molecule has 0 spiro atoms. The van der Waals surface area contributed by atoms with E-state index in [4.69, 9.17) is 0 Å². The second-order valence-corrected chi connectivity index (χ2v) is 8.96. The lowest BCUT2D eigenvalue weighted by Crippen LogP contribution is -2.13. The highest BCUT2D eigenvalue weighted by Gasteiger charge is 2.29. The first-order valence-electron chi connectivity index (χ1n) is 11.7. The second-order valence-electron chi connectivity index (χ2n) is 8.96. The quantitative estimate of drug-likeness (QED) is 0.325. The fraction of sp³-hybridized carbons (Fsp3) is 0.111. The molecule has 174 valence electrons. The van der Waals surface area contributed by atoms with Crippen LogP contribution in [-0.2, 0) is 4.79 Å². The number of H-pyrrole nitrogens is 2. The highest BCUT2D eigenvalue weighted by molar-refractivity contribution is 6.00. The predicted octanol–water partition coefficient (Wildman–Crippen LogP) is 4.97. The topological polar surface area (TPSA) is 125 Å². The number of hydrogen-bond donors (Lipinski definition) is 3. The molecule has 9 nitrogen and oxygen atoms in total. The first-order chi connectivity index (χ1) is 17.7. The molecule has 0 unspecified atom stereocenters. The first-order valence-corrected chi connectivity index (χ1v) is 11.7. The maximum Gasteiger partial charge on any atom is 0.227 e. The van der Waals surface area contributed by atoms with E-state index < -0.39 is 0 Å².